The monoisotopic (exact) mass is 194 g/mol. The van der Waals surface area contributed by atoms with Crippen LogP contribution in [-0.4, -0.2) is 5.91 Å². The molecule has 0 unspecified atom stereocenters. The lowest BCUT2D eigenvalue weighted by Gasteiger charge is -2.05. The summed E-state index contributed by atoms with van der Waals surface area (Å²) in [5.41, 5.74) is 13.5. The zero-order chi connectivity index (χ0) is 10.6. The summed E-state index contributed by atoms with van der Waals surface area (Å²) in [4.78, 5) is 13.3. The minimum absolute atomic E-state index is 0.372. The molecule has 1 atom stereocenters. The Morgan fingerprint density at radius 2 is 2.07 bits per heavy atom. The first kappa shape index (κ1) is 10.0. The molecule has 0 spiro atoms. The second-order valence-electron chi connectivity index (χ2n) is 2.56. The van der Waals surface area contributed by atoms with Gasteiger partial charge in [0.15, 0.2) is 0 Å². The first-order valence-electron chi connectivity index (χ1n) is 3.74. The molecule has 1 amide bonds. The fourth-order valence-corrected chi connectivity index (χ4v) is 0.985. The molecule has 0 aliphatic carbocycles. The Balaban J connectivity index is 3.05. The Bertz CT molecular complexity index is 381. The number of carbonyl (C=O) groups excluding carboxylic acids is 1. The molecule has 6 heteroatoms. The molecule has 72 valence electrons. The molecule has 0 saturated carbocycles. The zero-order valence-electron chi connectivity index (χ0n) is 7.09. The Hall–Kier alpha value is -2.07. The van der Waals surface area contributed by atoms with E-state index >= 15 is 0 Å². The topological polar surface area (TPSA) is 91.8 Å². The van der Waals surface area contributed by atoms with E-state index in [1.54, 1.807) is 0 Å². The smallest absolute Gasteiger partial charge is 0.230 e. The summed E-state index contributed by atoms with van der Waals surface area (Å²) in [6.45, 7) is 0. The van der Waals surface area contributed by atoms with Gasteiger partial charge in [-0.2, -0.15) is 0 Å². The highest BCUT2D eigenvalue weighted by atomic mass is 19.1. The minimum atomic E-state index is -1.08. The molecule has 0 heterocycles. The lowest BCUT2D eigenvalue weighted by atomic mass is 10.1. The second kappa shape index (κ2) is 4.25. The highest BCUT2D eigenvalue weighted by Gasteiger charge is 2.15. The van der Waals surface area contributed by atoms with Crippen LogP contribution >= 0.6 is 0 Å². The average Bonchev–Trinajstić information content (AvgIpc) is 2.15. The lowest BCUT2D eigenvalue weighted by molar-refractivity contribution is -0.119. The summed E-state index contributed by atoms with van der Waals surface area (Å²) in [5, 5.41) is 3.21. The van der Waals surface area contributed by atoms with Crippen molar-refractivity contribution >= 4 is 5.91 Å². The number of nitrogens with zero attached hydrogens (tertiary/aromatic N) is 3. The third-order valence-electron chi connectivity index (χ3n) is 1.62. The standard InChI is InChI=1S/C8H7FN4O/c9-6-3-1-5(2-4-6)7(8(10)14)12-13-11/h1-4,7H,(H2,10,14)/t7-/m1/s1. The molecule has 0 radical (unpaired) electrons. The zero-order valence-corrected chi connectivity index (χ0v) is 7.09. The molecule has 1 rings (SSSR count). The van der Waals surface area contributed by atoms with Crippen molar-refractivity contribution in [1.82, 2.24) is 0 Å². The van der Waals surface area contributed by atoms with Gasteiger partial charge >= 0.3 is 0 Å². The first-order valence-corrected chi connectivity index (χ1v) is 3.74. The average molecular weight is 194 g/mol. The molecule has 14 heavy (non-hydrogen) atoms. The number of amides is 1. The third-order valence-corrected chi connectivity index (χ3v) is 1.62. The van der Waals surface area contributed by atoms with Crippen molar-refractivity contribution in [3.05, 3.63) is 46.1 Å². The maximum absolute atomic E-state index is 12.5. The van der Waals surface area contributed by atoms with Crippen LogP contribution in [0.15, 0.2) is 29.4 Å². The van der Waals surface area contributed by atoms with Gasteiger partial charge in [-0.3, -0.25) is 4.79 Å². The highest BCUT2D eigenvalue weighted by Crippen LogP contribution is 2.17. The van der Waals surface area contributed by atoms with Crippen LogP contribution in [0.3, 0.4) is 0 Å². The van der Waals surface area contributed by atoms with Crippen LogP contribution in [0.1, 0.15) is 11.6 Å². The normalized spacial score (nSPS) is 11.5. The van der Waals surface area contributed by atoms with Crippen molar-refractivity contribution in [2.24, 2.45) is 10.8 Å². The molecule has 2 N–H and O–H groups in total. The number of rotatable bonds is 3. The fraction of sp³-hybridized carbons (Fsp3) is 0.125. The quantitative estimate of drug-likeness (QED) is 0.442. The van der Waals surface area contributed by atoms with E-state index in [0.717, 1.165) is 12.1 Å². The number of primary amides is 1. The van der Waals surface area contributed by atoms with Crippen LogP contribution in [0, 0.1) is 5.82 Å². The molecule has 0 aliphatic rings. The van der Waals surface area contributed by atoms with Crippen LogP contribution in [0.25, 0.3) is 10.4 Å². The first-order chi connectivity index (χ1) is 6.65. The van der Waals surface area contributed by atoms with Crippen molar-refractivity contribution in [2.45, 2.75) is 6.04 Å². The summed E-state index contributed by atoms with van der Waals surface area (Å²) in [5.74, 6) is -1.20. The Morgan fingerprint density at radius 1 is 1.50 bits per heavy atom. The van der Waals surface area contributed by atoms with Gasteiger partial charge in [-0.1, -0.05) is 17.2 Å². The van der Waals surface area contributed by atoms with Gasteiger partial charge in [0.2, 0.25) is 5.91 Å². The Labute approximate surface area is 79.0 Å². The minimum Gasteiger partial charge on any atom is -0.369 e. The molecule has 5 nitrogen and oxygen atoms in total. The predicted octanol–water partition coefficient (Wildman–Crippen LogP) is 1.66. The summed E-state index contributed by atoms with van der Waals surface area (Å²) < 4.78 is 12.5. The van der Waals surface area contributed by atoms with Crippen LogP contribution in [-0.2, 0) is 4.79 Å². The fourth-order valence-electron chi connectivity index (χ4n) is 0.985. The van der Waals surface area contributed by atoms with Crippen LogP contribution in [0.2, 0.25) is 0 Å². The molecular formula is C8H7FN4O. The maximum Gasteiger partial charge on any atom is 0.230 e. The molecule has 0 aliphatic heterocycles. The number of nitrogens with two attached hydrogens (primary N) is 1. The predicted molar refractivity (Wildman–Crippen MR) is 47.5 cm³/mol. The lowest BCUT2D eigenvalue weighted by Crippen LogP contribution is -2.19. The molecule has 1 aromatic rings. The van der Waals surface area contributed by atoms with Gasteiger partial charge < -0.3 is 5.73 Å². The van der Waals surface area contributed by atoms with Crippen molar-refractivity contribution in [3.63, 3.8) is 0 Å². The van der Waals surface area contributed by atoms with Gasteiger partial charge in [-0.05, 0) is 23.2 Å². The van der Waals surface area contributed by atoms with Crippen molar-refractivity contribution in [1.29, 1.82) is 0 Å². The van der Waals surface area contributed by atoms with Gasteiger partial charge in [-0.15, -0.1) is 0 Å². The van der Waals surface area contributed by atoms with Gasteiger partial charge in [0, 0.05) is 4.91 Å². The second-order valence-corrected chi connectivity index (χ2v) is 2.56. The van der Waals surface area contributed by atoms with E-state index in [-0.39, 0.29) is 0 Å². The summed E-state index contributed by atoms with van der Waals surface area (Å²) >= 11 is 0. The molecule has 1 aromatic carbocycles. The SMILES string of the molecule is [N-]=[N+]=N[C@@H](C(N)=O)c1ccc(F)cc1. The molecular weight excluding hydrogens is 187 g/mol. The van der Waals surface area contributed by atoms with E-state index < -0.39 is 17.8 Å². The van der Waals surface area contributed by atoms with Crippen molar-refractivity contribution in [3.8, 4) is 0 Å². The van der Waals surface area contributed by atoms with Gasteiger partial charge in [0.1, 0.15) is 11.9 Å². The molecule has 0 aromatic heterocycles. The van der Waals surface area contributed by atoms with E-state index in [1.165, 1.54) is 12.1 Å². The number of halogens is 1. The van der Waals surface area contributed by atoms with E-state index in [4.69, 9.17) is 11.3 Å². The van der Waals surface area contributed by atoms with Gasteiger partial charge in [-0.25, -0.2) is 4.39 Å². The molecule has 0 saturated heterocycles. The third kappa shape index (κ3) is 2.21. The molecule has 0 fully saturated rings. The highest BCUT2D eigenvalue weighted by molar-refractivity contribution is 5.81. The van der Waals surface area contributed by atoms with Gasteiger partial charge in [0.05, 0.1) is 0 Å². The maximum atomic E-state index is 12.5. The Kier molecular flexibility index (Phi) is 3.04. The largest absolute Gasteiger partial charge is 0.369 e. The number of hydrogen-bond acceptors (Lipinski definition) is 2. The number of azide groups is 1. The van der Waals surface area contributed by atoms with Gasteiger partial charge in [0.25, 0.3) is 0 Å². The molecule has 0 bridgehead atoms. The van der Waals surface area contributed by atoms with E-state index in [1.807, 2.05) is 0 Å². The summed E-state index contributed by atoms with van der Waals surface area (Å²) in [7, 11) is 0. The summed E-state index contributed by atoms with van der Waals surface area (Å²) in [6, 6.07) is 3.94. The van der Waals surface area contributed by atoms with Crippen molar-refractivity contribution < 1.29 is 9.18 Å². The Morgan fingerprint density at radius 3 is 2.50 bits per heavy atom. The van der Waals surface area contributed by atoms with E-state index in [9.17, 15) is 9.18 Å². The van der Waals surface area contributed by atoms with E-state index in [0.29, 0.717) is 5.56 Å². The van der Waals surface area contributed by atoms with Crippen LogP contribution in [0.5, 0.6) is 0 Å². The number of carbonyl (C=O) groups is 1. The van der Waals surface area contributed by atoms with Crippen LogP contribution in [0.4, 0.5) is 4.39 Å². The van der Waals surface area contributed by atoms with Crippen molar-refractivity contribution in [2.75, 3.05) is 0 Å². The summed E-state index contributed by atoms with van der Waals surface area (Å²) in [6.07, 6.45) is 0. The van der Waals surface area contributed by atoms with E-state index in [2.05, 4.69) is 10.0 Å². The number of hydrogen-bond donors (Lipinski definition) is 1. The number of benzene rings is 1. The van der Waals surface area contributed by atoms with Crippen LogP contribution < -0.4 is 5.73 Å².